The second-order valence-electron chi connectivity index (χ2n) is 3.82. The third-order valence-electron chi connectivity index (χ3n) is 2.51. The molecule has 0 atom stereocenters. The molecular formula is C15H15NO. The monoisotopic (exact) mass is 225 g/mol. The molecule has 86 valence electrons. The number of nitrogens with one attached hydrogen (secondary N) is 1. The fourth-order valence-electron chi connectivity index (χ4n) is 1.67. The van der Waals surface area contributed by atoms with E-state index in [-0.39, 0.29) is 0 Å². The van der Waals surface area contributed by atoms with Crippen LogP contribution in [0.15, 0.2) is 54.6 Å². The lowest BCUT2D eigenvalue weighted by Crippen LogP contribution is -1.97. The summed E-state index contributed by atoms with van der Waals surface area (Å²) in [5.41, 5.74) is 2.57. The van der Waals surface area contributed by atoms with Gasteiger partial charge >= 0.3 is 0 Å². The second kappa shape index (κ2) is 5.85. The normalized spacial score (nSPS) is 9.88. The van der Waals surface area contributed by atoms with E-state index < -0.39 is 0 Å². The first kappa shape index (κ1) is 11.4. The van der Waals surface area contributed by atoms with Crippen LogP contribution in [0, 0.1) is 5.41 Å². The number of benzene rings is 2. The van der Waals surface area contributed by atoms with Gasteiger partial charge in [-0.15, -0.1) is 0 Å². The lowest BCUT2D eigenvalue weighted by atomic mass is 10.1. The molecule has 0 aliphatic heterocycles. The van der Waals surface area contributed by atoms with E-state index in [0.29, 0.717) is 6.61 Å². The minimum Gasteiger partial charge on any atom is -0.488 e. The van der Waals surface area contributed by atoms with Gasteiger partial charge in [0.2, 0.25) is 0 Å². The van der Waals surface area contributed by atoms with Crippen LogP contribution in [0.25, 0.3) is 0 Å². The summed E-state index contributed by atoms with van der Waals surface area (Å²) in [6, 6.07) is 18.4. The van der Waals surface area contributed by atoms with Gasteiger partial charge in [0.05, 0.1) is 0 Å². The first-order valence-electron chi connectivity index (χ1n) is 5.63. The molecule has 0 fully saturated rings. The molecule has 0 aliphatic carbocycles. The molecule has 2 aromatic carbocycles. The van der Waals surface area contributed by atoms with Crippen LogP contribution >= 0.6 is 0 Å². The summed E-state index contributed by atoms with van der Waals surface area (Å²) in [4.78, 5) is 0. The maximum Gasteiger partial charge on any atom is 0.123 e. The van der Waals surface area contributed by atoms with E-state index in [0.717, 1.165) is 12.2 Å². The van der Waals surface area contributed by atoms with Gasteiger partial charge in [-0.05, 0) is 29.7 Å². The van der Waals surface area contributed by atoms with Crippen molar-refractivity contribution in [2.45, 2.75) is 6.42 Å². The van der Waals surface area contributed by atoms with Crippen LogP contribution in [0.3, 0.4) is 0 Å². The van der Waals surface area contributed by atoms with E-state index in [1.165, 1.54) is 17.3 Å². The summed E-state index contributed by atoms with van der Waals surface area (Å²) in [7, 11) is 0. The molecule has 0 spiro atoms. The van der Waals surface area contributed by atoms with Crippen molar-refractivity contribution in [1.29, 1.82) is 5.41 Å². The number of ether oxygens (including phenoxy) is 1. The van der Waals surface area contributed by atoms with Crippen LogP contribution in [0.4, 0.5) is 0 Å². The summed E-state index contributed by atoms with van der Waals surface area (Å²) in [5, 5.41) is 6.89. The maximum absolute atomic E-state index is 6.89. The van der Waals surface area contributed by atoms with Gasteiger partial charge in [-0.3, -0.25) is 0 Å². The van der Waals surface area contributed by atoms with Gasteiger partial charge in [0, 0.05) is 6.21 Å². The average Bonchev–Trinajstić information content (AvgIpc) is 2.39. The van der Waals surface area contributed by atoms with Crippen LogP contribution in [0.5, 0.6) is 5.75 Å². The Morgan fingerprint density at radius 2 is 1.53 bits per heavy atom. The Kier molecular flexibility index (Phi) is 3.92. The number of hydrogen-bond acceptors (Lipinski definition) is 2. The fraction of sp³-hybridized carbons (Fsp3) is 0.133. The molecule has 2 heteroatoms. The SMILES string of the molecule is N=CCOc1ccc(Cc2ccccc2)cc1. The predicted octanol–water partition coefficient (Wildman–Crippen LogP) is 3.31. The van der Waals surface area contributed by atoms with E-state index in [9.17, 15) is 0 Å². The topological polar surface area (TPSA) is 33.1 Å². The van der Waals surface area contributed by atoms with Gasteiger partial charge in [-0.2, -0.15) is 0 Å². The van der Waals surface area contributed by atoms with Crippen LogP contribution in [0.2, 0.25) is 0 Å². The van der Waals surface area contributed by atoms with Crippen LogP contribution in [-0.2, 0) is 6.42 Å². The molecule has 2 nitrogen and oxygen atoms in total. The van der Waals surface area contributed by atoms with Crippen molar-refractivity contribution in [2.75, 3.05) is 6.61 Å². The first-order valence-corrected chi connectivity index (χ1v) is 5.63. The molecule has 0 saturated heterocycles. The highest BCUT2D eigenvalue weighted by Gasteiger charge is 1.97. The van der Waals surface area contributed by atoms with Gasteiger partial charge < -0.3 is 10.1 Å². The van der Waals surface area contributed by atoms with Crippen LogP contribution in [0.1, 0.15) is 11.1 Å². The Morgan fingerprint density at radius 3 is 2.18 bits per heavy atom. The van der Waals surface area contributed by atoms with Crippen molar-refractivity contribution < 1.29 is 4.74 Å². The molecular weight excluding hydrogens is 210 g/mol. The van der Waals surface area contributed by atoms with Crippen molar-refractivity contribution in [3.8, 4) is 5.75 Å². The molecule has 0 heterocycles. The van der Waals surface area contributed by atoms with Crippen molar-refractivity contribution in [1.82, 2.24) is 0 Å². The molecule has 17 heavy (non-hydrogen) atoms. The minimum atomic E-state index is 0.331. The van der Waals surface area contributed by atoms with Crippen molar-refractivity contribution in [2.24, 2.45) is 0 Å². The predicted molar refractivity (Wildman–Crippen MR) is 70.0 cm³/mol. The van der Waals surface area contributed by atoms with Crippen molar-refractivity contribution in [3.05, 3.63) is 65.7 Å². The lowest BCUT2D eigenvalue weighted by Gasteiger charge is -2.05. The average molecular weight is 225 g/mol. The van der Waals surface area contributed by atoms with Gasteiger partial charge in [0.25, 0.3) is 0 Å². The maximum atomic E-state index is 6.89. The largest absolute Gasteiger partial charge is 0.488 e. The molecule has 0 bridgehead atoms. The Bertz CT molecular complexity index is 462. The third kappa shape index (κ3) is 3.45. The van der Waals surface area contributed by atoms with Crippen molar-refractivity contribution >= 4 is 6.21 Å². The molecule has 0 saturated carbocycles. The fourth-order valence-corrected chi connectivity index (χ4v) is 1.67. The van der Waals surface area contributed by atoms with Gasteiger partial charge in [0.1, 0.15) is 12.4 Å². The van der Waals surface area contributed by atoms with E-state index in [1.807, 2.05) is 18.2 Å². The zero-order valence-electron chi connectivity index (χ0n) is 9.60. The van der Waals surface area contributed by atoms with E-state index >= 15 is 0 Å². The summed E-state index contributed by atoms with van der Waals surface area (Å²) in [6.45, 7) is 0.331. The first-order chi connectivity index (χ1) is 8.38. The minimum absolute atomic E-state index is 0.331. The highest BCUT2D eigenvalue weighted by atomic mass is 16.5. The van der Waals surface area contributed by atoms with Crippen LogP contribution in [-0.4, -0.2) is 12.8 Å². The summed E-state index contributed by atoms with van der Waals surface area (Å²) < 4.78 is 5.32. The van der Waals surface area contributed by atoms with Gasteiger partial charge in [-0.25, -0.2) is 0 Å². The smallest absolute Gasteiger partial charge is 0.123 e. The van der Waals surface area contributed by atoms with Crippen LogP contribution < -0.4 is 4.74 Å². The summed E-state index contributed by atoms with van der Waals surface area (Å²) in [5.74, 6) is 0.810. The van der Waals surface area contributed by atoms with Gasteiger partial charge in [-0.1, -0.05) is 42.5 Å². The van der Waals surface area contributed by atoms with E-state index in [1.54, 1.807) is 0 Å². The molecule has 2 aromatic rings. The third-order valence-corrected chi connectivity index (χ3v) is 2.51. The van der Waals surface area contributed by atoms with E-state index in [4.69, 9.17) is 10.1 Å². The highest BCUT2D eigenvalue weighted by molar-refractivity contribution is 5.54. The standard InChI is InChI=1S/C15H15NO/c16-10-11-17-15-8-6-14(7-9-15)12-13-4-2-1-3-5-13/h1-10,16H,11-12H2. The number of hydrogen-bond donors (Lipinski definition) is 1. The zero-order valence-corrected chi connectivity index (χ0v) is 9.60. The quantitative estimate of drug-likeness (QED) is 0.778. The Labute approximate surface area is 101 Å². The molecule has 1 N–H and O–H groups in total. The lowest BCUT2D eigenvalue weighted by molar-refractivity contribution is 0.380. The summed E-state index contributed by atoms with van der Waals surface area (Å²) >= 11 is 0. The Hall–Kier alpha value is -2.09. The zero-order chi connectivity index (χ0) is 11.9. The van der Waals surface area contributed by atoms with Gasteiger partial charge in [0.15, 0.2) is 0 Å². The Balaban J connectivity index is 2.01. The molecule has 0 unspecified atom stereocenters. The summed E-state index contributed by atoms with van der Waals surface area (Å²) in [6.07, 6.45) is 2.18. The van der Waals surface area contributed by atoms with E-state index in [2.05, 4.69) is 36.4 Å². The van der Waals surface area contributed by atoms with Crippen molar-refractivity contribution in [3.63, 3.8) is 0 Å². The molecule has 0 radical (unpaired) electrons. The molecule has 0 aromatic heterocycles. The highest BCUT2D eigenvalue weighted by Crippen LogP contribution is 2.14. The number of rotatable bonds is 5. The molecule has 2 rings (SSSR count). The second-order valence-corrected chi connectivity index (χ2v) is 3.82. The molecule has 0 aliphatic rings. The Morgan fingerprint density at radius 1 is 0.882 bits per heavy atom. The molecule has 0 amide bonds.